The van der Waals surface area contributed by atoms with Crippen LogP contribution in [0.25, 0.3) is 0 Å². The maximum Gasteiger partial charge on any atom is 0.314 e. The van der Waals surface area contributed by atoms with E-state index in [0.717, 1.165) is 25.3 Å². The first-order valence-electron chi connectivity index (χ1n) is 10.4. The first kappa shape index (κ1) is 19.2. The monoisotopic (exact) mass is 357 g/mol. The van der Waals surface area contributed by atoms with Crippen LogP contribution in [0.2, 0.25) is 0 Å². The van der Waals surface area contributed by atoms with Gasteiger partial charge in [0.15, 0.2) is 0 Å². The highest BCUT2D eigenvalue weighted by Crippen LogP contribution is 2.32. The molecule has 1 aliphatic heterocycles. The molecule has 0 spiro atoms. The Bertz CT molecular complexity index is 576. The Labute approximate surface area is 158 Å². The number of rotatable bonds is 6. The molecule has 1 atom stereocenters. The van der Waals surface area contributed by atoms with Crippen LogP contribution in [-0.4, -0.2) is 31.7 Å². The lowest BCUT2D eigenvalue weighted by Gasteiger charge is -2.22. The summed E-state index contributed by atoms with van der Waals surface area (Å²) in [4.78, 5) is 12.0. The van der Waals surface area contributed by atoms with Gasteiger partial charge in [0, 0.05) is 25.7 Å². The van der Waals surface area contributed by atoms with Gasteiger partial charge >= 0.3 is 6.03 Å². The van der Waals surface area contributed by atoms with Gasteiger partial charge < -0.3 is 16.0 Å². The topological polar surface area (TPSA) is 53.2 Å². The van der Waals surface area contributed by atoms with E-state index in [2.05, 4.69) is 54.1 Å². The second-order valence-corrected chi connectivity index (χ2v) is 8.91. The zero-order chi connectivity index (χ0) is 18.4. The van der Waals surface area contributed by atoms with Crippen LogP contribution >= 0.6 is 0 Å². The maximum atomic E-state index is 12.0. The van der Waals surface area contributed by atoms with Crippen LogP contribution in [0, 0.1) is 5.41 Å². The largest absolute Gasteiger partial charge is 0.338 e. The second kappa shape index (κ2) is 8.90. The quantitative estimate of drug-likeness (QED) is 0.722. The van der Waals surface area contributed by atoms with Crippen molar-refractivity contribution in [2.75, 3.05) is 19.6 Å². The average Bonchev–Trinajstić information content (AvgIpc) is 3.00. The van der Waals surface area contributed by atoms with E-state index < -0.39 is 0 Å². The van der Waals surface area contributed by atoms with Crippen LogP contribution in [0.3, 0.4) is 0 Å². The number of urea groups is 1. The molecule has 2 fully saturated rings. The third kappa shape index (κ3) is 5.73. The SMILES string of the molecule is CC1(C)CN[C@H](CNC(=O)NCCc2ccc(C3CCCCC3)cc2)C1. The maximum absolute atomic E-state index is 12.0. The van der Waals surface area contributed by atoms with Crippen molar-refractivity contribution in [3.8, 4) is 0 Å². The van der Waals surface area contributed by atoms with Gasteiger partial charge in [0.2, 0.25) is 0 Å². The highest BCUT2D eigenvalue weighted by molar-refractivity contribution is 5.73. The van der Waals surface area contributed by atoms with Crippen LogP contribution in [0.4, 0.5) is 4.79 Å². The van der Waals surface area contributed by atoms with Gasteiger partial charge in [-0.05, 0) is 48.1 Å². The molecule has 3 N–H and O–H groups in total. The molecule has 0 bridgehead atoms. The molecule has 1 aliphatic carbocycles. The standard InChI is InChI=1S/C22H35N3O/c1-22(2)14-20(25-16-22)15-24-21(26)23-13-12-17-8-10-19(11-9-17)18-6-4-3-5-7-18/h8-11,18,20,25H,3-7,12-16H2,1-2H3,(H2,23,24,26)/t20-/m0/s1. The molecular formula is C22H35N3O. The number of benzene rings is 1. The highest BCUT2D eigenvalue weighted by atomic mass is 16.2. The van der Waals surface area contributed by atoms with Crippen LogP contribution < -0.4 is 16.0 Å². The average molecular weight is 358 g/mol. The Morgan fingerprint density at radius 2 is 1.85 bits per heavy atom. The molecule has 26 heavy (non-hydrogen) atoms. The molecule has 1 aromatic rings. The van der Waals surface area contributed by atoms with Crippen molar-refractivity contribution in [1.29, 1.82) is 0 Å². The molecule has 0 unspecified atom stereocenters. The van der Waals surface area contributed by atoms with E-state index in [9.17, 15) is 4.79 Å². The van der Waals surface area contributed by atoms with Gasteiger partial charge in [-0.25, -0.2) is 4.79 Å². The van der Waals surface area contributed by atoms with Crippen molar-refractivity contribution < 1.29 is 4.79 Å². The molecular weight excluding hydrogens is 322 g/mol. The number of carbonyl (C=O) groups is 1. The van der Waals surface area contributed by atoms with Crippen molar-refractivity contribution in [2.24, 2.45) is 5.41 Å². The van der Waals surface area contributed by atoms with Gasteiger partial charge in [0.05, 0.1) is 0 Å². The third-order valence-electron chi connectivity index (χ3n) is 5.93. The summed E-state index contributed by atoms with van der Waals surface area (Å²) < 4.78 is 0. The van der Waals surface area contributed by atoms with E-state index in [1.807, 2.05) is 0 Å². The molecule has 4 heteroatoms. The summed E-state index contributed by atoms with van der Waals surface area (Å²) in [6, 6.07) is 9.37. The van der Waals surface area contributed by atoms with Crippen LogP contribution in [0.1, 0.15) is 69.4 Å². The Morgan fingerprint density at radius 3 is 2.50 bits per heavy atom. The highest BCUT2D eigenvalue weighted by Gasteiger charge is 2.30. The Kier molecular flexibility index (Phi) is 6.58. The summed E-state index contributed by atoms with van der Waals surface area (Å²) >= 11 is 0. The van der Waals surface area contributed by atoms with Crippen LogP contribution in [-0.2, 0) is 6.42 Å². The molecule has 0 aromatic heterocycles. The number of hydrogen-bond donors (Lipinski definition) is 3. The van der Waals surface area contributed by atoms with Gasteiger partial charge in [0.1, 0.15) is 0 Å². The lowest BCUT2D eigenvalue weighted by atomic mass is 9.84. The van der Waals surface area contributed by atoms with Crippen LogP contribution in [0.5, 0.6) is 0 Å². The molecule has 2 aliphatic rings. The Balaban J connectivity index is 1.33. The fraction of sp³-hybridized carbons (Fsp3) is 0.682. The van der Waals surface area contributed by atoms with Crippen molar-refractivity contribution in [2.45, 2.75) is 70.8 Å². The molecule has 3 rings (SSSR count). The molecule has 1 aromatic carbocycles. The van der Waals surface area contributed by atoms with E-state index in [4.69, 9.17) is 0 Å². The molecule has 2 amide bonds. The fourth-order valence-corrected chi connectivity index (χ4v) is 4.37. The summed E-state index contributed by atoms with van der Waals surface area (Å²) in [6.07, 6.45) is 8.82. The second-order valence-electron chi connectivity index (χ2n) is 8.91. The molecule has 4 nitrogen and oxygen atoms in total. The molecule has 1 heterocycles. The zero-order valence-corrected chi connectivity index (χ0v) is 16.4. The first-order valence-corrected chi connectivity index (χ1v) is 10.4. The van der Waals surface area contributed by atoms with E-state index >= 15 is 0 Å². The summed E-state index contributed by atoms with van der Waals surface area (Å²) in [5, 5.41) is 9.44. The minimum absolute atomic E-state index is 0.0599. The van der Waals surface area contributed by atoms with Crippen molar-refractivity contribution >= 4 is 6.03 Å². The van der Waals surface area contributed by atoms with Crippen molar-refractivity contribution in [1.82, 2.24) is 16.0 Å². The van der Waals surface area contributed by atoms with E-state index in [1.54, 1.807) is 0 Å². The molecule has 1 saturated carbocycles. The van der Waals surface area contributed by atoms with Gasteiger partial charge in [-0.3, -0.25) is 0 Å². The molecule has 144 valence electrons. The summed E-state index contributed by atoms with van der Waals surface area (Å²) in [5.74, 6) is 0.760. The summed E-state index contributed by atoms with van der Waals surface area (Å²) in [7, 11) is 0. The van der Waals surface area contributed by atoms with Crippen molar-refractivity contribution in [3.63, 3.8) is 0 Å². The number of amides is 2. The lowest BCUT2D eigenvalue weighted by molar-refractivity contribution is 0.239. The first-order chi connectivity index (χ1) is 12.5. The zero-order valence-electron chi connectivity index (χ0n) is 16.4. The Hall–Kier alpha value is -1.55. The molecule has 1 saturated heterocycles. The summed E-state index contributed by atoms with van der Waals surface area (Å²) in [5.41, 5.74) is 3.13. The lowest BCUT2D eigenvalue weighted by Crippen LogP contribution is -2.42. The normalized spacial score (nSPS) is 22.9. The van der Waals surface area contributed by atoms with Crippen LogP contribution in [0.15, 0.2) is 24.3 Å². The van der Waals surface area contributed by atoms with Crippen molar-refractivity contribution in [3.05, 3.63) is 35.4 Å². The van der Waals surface area contributed by atoms with E-state index in [-0.39, 0.29) is 6.03 Å². The fourth-order valence-electron chi connectivity index (χ4n) is 4.37. The van der Waals surface area contributed by atoms with E-state index in [0.29, 0.717) is 24.5 Å². The summed E-state index contributed by atoms with van der Waals surface area (Å²) in [6.45, 7) is 6.93. The minimum atomic E-state index is -0.0599. The predicted molar refractivity (Wildman–Crippen MR) is 108 cm³/mol. The number of carbonyl (C=O) groups excluding carboxylic acids is 1. The van der Waals surface area contributed by atoms with Gasteiger partial charge in [-0.1, -0.05) is 57.4 Å². The predicted octanol–water partition coefficient (Wildman–Crippen LogP) is 3.96. The van der Waals surface area contributed by atoms with E-state index in [1.165, 1.54) is 43.2 Å². The number of nitrogens with one attached hydrogen (secondary N) is 3. The van der Waals surface area contributed by atoms with Gasteiger partial charge in [-0.15, -0.1) is 0 Å². The molecule has 0 radical (unpaired) electrons. The smallest absolute Gasteiger partial charge is 0.314 e. The third-order valence-corrected chi connectivity index (χ3v) is 5.93. The Morgan fingerprint density at radius 1 is 1.12 bits per heavy atom. The minimum Gasteiger partial charge on any atom is -0.338 e. The van der Waals surface area contributed by atoms with Gasteiger partial charge in [-0.2, -0.15) is 0 Å². The van der Waals surface area contributed by atoms with Gasteiger partial charge in [0.25, 0.3) is 0 Å². The number of hydrogen-bond acceptors (Lipinski definition) is 2.